The van der Waals surface area contributed by atoms with Gasteiger partial charge in [0.25, 0.3) is 0 Å². The lowest BCUT2D eigenvalue weighted by atomic mass is 9.81. The van der Waals surface area contributed by atoms with Gasteiger partial charge in [0.1, 0.15) is 0 Å². The zero-order valence-electron chi connectivity index (χ0n) is 12.3. The first-order valence-electron chi connectivity index (χ1n) is 7.76. The molecule has 0 heterocycles. The van der Waals surface area contributed by atoms with Crippen LogP contribution in [-0.2, 0) is 11.2 Å². The van der Waals surface area contributed by atoms with Crippen LogP contribution in [0.4, 0.5) is 0 Å². The van der Waals surface area contributed by atoms with Gasteiger partial charge in [0.05, 0.1) is 11.6 Å². The minimum absolute atomic E-state index is 0.138. The summed E-state index contributed by atoms with van der Waals surface area (Å²) in [5.41, 5.74) is 8.47. The van der Waals surface area contributed by atoms with Gasteiger partial charge in [-0.25, -0.2) is 0 Å². The lowest BCUT2D eigenvalue weighted by molar-refractivity contribution is -0.139. The van der Waals surface area contributed by atoms with E-state index in [0.717, 1.165) is 38.5 Å². The molecular formula is C17H24N2O. The van der Waals surface area contributed by atoms with Gasteiger partial charge in [-0.3, -0.25) is 4.79 Å². The molecule has 0 saturated heterocycles. The molecule has 2 N–H and O–H groups in total. The van der Waals surface area contributed by atoms with Gasteiger partial charge in [-0.05, 0) is 36.8 Å². The van der Waals surface area contributed by atoms with Crippen molar-refractivity contribution in [3.63, 3.8) is 0 Å². The van der Waals surface area contributed by atoms with Gasteiger partial charge >= 0.3 is 0 Å². The van der Waals surface area contributed by atoms with Crippen molar-refractivity contribution in [2.24, 2.45) is 5.73 Å². The number of amides is 1. The molecule has 1 aromatic rings. The second-order valence-corrected chi connectivity index (χ2v) is 6.39. The van der Waals surface area contributed by atoms with Gasteiger partial charge in [0.2, 0.25) is 5.91 Å². The first kappa shape index (κ1) is 13.6. The van der Waals surface area contributed by atoms with E-state index in [2.05, 4.69) is 24.3 Å². The Kier molecular flexibility index (Phi) is 3.55. The van der Waals surface area contributed by atoms with E-state index in [9.17, 15) is 4.79 Å². The van der Waals surface area contributed by atoms with Crippen LogP contribution in [0.25, 0.3) is 0 Å². The zero-order valence-corrected chi connectivity index (χ0v) is 12.3. The minimum atomic E-state index is -0.621. The van der Waals surface area contributed by atoms with Crippen molar-refractivity contribution in [3.8, 4) is 0 Å². The molecule has 3 heteroatoms. The van der Waals surface area contributed by atoms with E-state index in [1.165, 1.54) is 17.5 Å². The number of likely N-dealkylation sites (N-methyl/N-ethyl adjacent to an activating group) is 1. The fraction of sp³-hybridized carbons (Fsp3) is 0.588. The van der Waals surface area contributed by atoms with Crippen LogP contribution in [0.5, 0.6) is 0 Å². The van der Waals surface area contributed by atoms with Crippen molar-refractivity contribution >= 4 is 5.91 Å². The van der Waals surface area contributed by atoms with Gasteiger partial charge in [-0.15, -0.1) is 0 Å². The molecule has 1 fully saturated rings. The molecule has 1 unspecified atom stereocenters. The summed E-state index contributed by atoms with van der Waals surface area (Å²) in [5, 5.41) is 0. The molecule has 0 bridgehead atoms. The van der Waals surface area contributed by atoms with Crippen LogP contribution in [0.1, 0.15) is 55.7 Å². The average Bonchev–Trinajstić information content (AvgIpc) is 2.90. The smallest absolute Gasteiger partial charge is 0.242 e. The number of hydrogen-bond donors (Lipinski definition) is 1. The van der Waals surface area contributed by atoms with E-state index in [1.54, 1.807) is 0 Å². The Hall–Kier alpha value is -1.35. The average molecular weight is 272 g/mol. The molecule has 0 radical (unpaired) electrons. The molecule has 1 atom stereocenters. The number of carbonyl (C=O) groups is 1. The third-order valence-electron chi connectivity index (χ3n) is 5.06. The fourth-order valence-corrected chi connectivity index (χ4v) is 3.83. The molecule has 1 saturated carbocycles. The molecule has 0 aliphatic heterocycles. The topological polar surface area (TPSA) is 46.3 Å². The summed E-state index contributed by atoms with van der Waals surface area (Å²) in [6.45, 7) is 0. The number of carbonyl (C=O) groups excluding carboxylic acids is 1. The van der Waals surface area contributed by atoms with Gasteiger partial charge in [-0.1, -0.05) is 43.5 Å². The lowest BCUT2D eigenvalue weighted by Gasteiger charge is -2.38. The number of nitrogens with zero attached hydrogens (tertiary/aromatic N) is 1. The van der Waals surface area contributed by atoms with Gasteiger partial charge in [-0.2, -0.15) is 0 Å². The predicted molar refractivity (Wildman–Crippen MR) is 80.3 cm³/mol. The number of hydrogen-bond acceptors (Lipinski definition) is 2. The van der Waals surface area contributed by atoms with Gasteiger partial charge < -0.3 is 10.6 Å². The Labute approximate surface area is 121 Å². The third-order valence-corrected chi connectivity index (χ3v) is 5.06. The van der Waals surface area contributed by atoms with E-state index in [1.807, 2.05) is 11.9 Å². The Morgan fingerprint density at radius 1 is 1.25 bits per heavy atom. The zero-order chi connectivity index (χ0) is 14.2. The summed E-state index contributed by atoms with van der Waals surface area (Å²) < 4.78 is 0. The molecule has 3 nitrogen and oxygen atoms in total. The molecule has 1 amide bonds. The highest BCUT2D eigenvalue weighted by atomic mass is 16.2. The van der Waals surface area contributed by atoms with Crippen LogP contribution in [-0.4, -0.2) is 23.4 Å². The lowest BCUT2D eigenvalue weighted by Crippen LogP contribution is -2.55. The van der Waals surface area contributed by atoms with Crippen LogP contribution in [0.3, 0.4) is 0 Å². The van der Waals surface area contributed by atoms with Crippen LogP contribution in [0, 0.1) is 0 Å². The first-order valence-corrected chi connectivity index (χ1v) is 7.76. The largest absolute Gasteiger partial charge is 0.337 e. The van der Waals surface area contributed by atoms with E-state index >= 15 is 0 Å². The number of aryl methyl sites for hydroxylation is 1. The highest BCUT2D eigenvalue weighted by Crippen LogP contribution is 2.37. The van der Waals surface area contributed by atoms with Crippen molar-refractivity contribution in [1.29, 1.82) is 0 Å². The van der Waals surface area contributed by atoms with Crippen LogP contribution in [0.15, 0.2) is 24.3 Å². The molecule has 1 aromatic carbocycles. The maximum absolute atomic E-state index is 12.8. The molecule has 108 valence electrons. The Morgan fingerprint density at radius 2 is 1.95 bits per heavy atom. The number of rotatable bonds is 2. The molecule has 20 heavy (non-hydrogen) atoms. The monoisotopic (exact) mass is 272 g/mol. The quantitative estimate of drug-likeness (QED) is 0.900. The van der Waals surface area contributed by atoms with Crippen molar-refractivity contribution < 1.29 is 4.79 Å². The number of nitrogens with two attached hydrogens (primary N) is 1. The van der Waals surface area contributed by atoms with Crippen LogP contribution in [0.2, 0.25) is 0 Å². The summed E-state index contributed by atoms with van der Waals surface area (Å²) in [6.07, 6.45) is 7.14. The number of benzene rings is 1. The SMILES string of the molecule is CN(C(=O)C1(N)CCCCC1)C1CCc2ccccc21. The highest BCUT2D eigenvalue weighted by Gasteiger charge is 2.40. The van der Waals surface area contributed by atoms with Gasteiger partial charge in [0.15, 0.2) is 0 Å². The maximum Gasteiger partial charge on any atom is 0.242 e. The van der Waals surface area contributed by atoms with E-state index in [-0.39, 0.29) is 11.9 Å². The van der Waals surface area contributed by atoms with Crippen molar-refractivity contribution in [1.82, 2.24) is 4.90 Å². The number of fused-ring (bicyclic) bond motifs is 1. The summed E-state index contributed by atoms with van der Waals surface area (Å²) in [7, 11) is 1.93. The van der Waals surface area contributed by atoms with E-state index < -0.39 is 5.54 Å². The van der Waals surface area contributed by atoms with E-state index in [0.29, 0.717) is 0 Å². The standard InChI is InChI=1S/C17H24N2O/c1-19(16(20)17(18)11-5-2-6-12-17)15-10-9-13-7-3-4-8-14(13)15/h3-4,7-8,15H,2,5-6,9-12,18H2,1H3. The van der Waals surface area contributed by atoms with Crippen molar-refractivity contribution in [2.45, 2.75) is 56.5 Å². The fourth-order valence-electron chi connectivity index (χ4n) is 3.83. The normalized spacial score (nSPS) is 24.2. The van der Waals surface area contributed by atoms with Crippen molar-refractivity contribution in [3.05, 3.63) is 35.4 Å². The molecule has 0 spiro atoms. The minimum Gasteiger partial charge on any atom is -0.337 e. The molecule has 0 aromatic heterocycles. The Balaban J connectivity index is 1.79. The molecule has 3 rings (SSSR count). The highest BCUT2D eigenvalue weighted by molar-refractivity contribution is 5.86. The second kappa shape index (κ2) is 5.21. The summed E-state index contributed by atoms with van der Waals surface area (Å²) in [5.74, 6) is 0.138. The first-order chi connectivity index (χ1) is 9.62. The Morgan fingerprint density at radius 3 is 2.70 bits per heavy atom. The summed E-state index contributed by atoms with van der Waals surface area (Å²) in [6, 6.07) is 8.68. The predicted octanol–water partition coefficient (Wildman–Crippen LogP) is 2.79. The van der Waals surface area contributed by atoms with Crippen LogP contribution < -0.4 is 5.73 Å². The third kappa shape index (κ3) is 2.24. The summed E-state index contributed by atoms with van der Waals surface area (Å²) >= 11 is 0. The van der Waals surface area contributed by atoms with Gasteiger partial charge in [0, 0.05) is 7.05 Å². The Bertz CT molecular complexity index is 505. The molecule has 2 aliphatic carbocycles. The van der Waals surface area contributed by atoms with Crippen molar-refractivity contribution in [2.75, 3.05) is 7.05 Å². The molecular weight excluding hydrogens is 248 g/mol. The summed E-state index contributed by atoms with van der Waals surface area (Å²) in [4.78, 5) is 14.7. The van der Waals surface area contributed by atoms with E-state index in [4.69, 9.17) is 5.73 Å². The van der Waals surface area contributed by atoms with Crippen LogP contribution >= 0.6 is 0 Å². The molecule has 2 aliphatic rings. The maximum atomic E-state index is 12.8. The second-order valence-electron chi connectivity index (χ2n) is 6.39.